The predicted octanol–water partition coefficient (Wildman–Crippen LogP) is 5.62. The molecule has 5 amide bonds. The highest BCUT2D eigenvalue weighted by atomic mass is 16.2. The number of Topliss-reactive ketones (excluding diaryl/α,β-unsaturated/α-hetero) is 3. The van der Waals surface area contributed by atoms with Crippen molar-refractivity contribution < 1.29 is 33.6 Å². The zero-order chi connectivity index (χ0) is 38.6. The Kier molecular flexibility index (Phi) is 11.3. The van der Waals surface area contributed by atoms with Crippen molar-refractivity contribution in [2.75, 3.05) is 13.1 Å². The Morgan fingerprint density at radius 3 is 2.00 bits per heavy atom. The molecule has 0 aromatic rings. The van der Waals surface area contributed by atoms with Gasteiger partial charge >= 0.3 is 6.03 Å². The van der Waals surface area contributed by atoms with Gasteiger partial charge in [-0.3, -0.25) is 33.7 Å². The Labute approximate surface area is 310 Å². The van der Waals surface area contributed by atoms with Gasteiger partial charge in [0.05, 0.1) is 12.1 Å². The van der Waals surface area contributed by atoms with E-state index in [1.54, 1.807) is 4.90 Å². The highest BCUT2D eigenvalue weighted by Crippen LogP contribution is 2.66. The van der Waals surface area contributed by atoms with Crippen LogP contribution in [0.2, 0.25) is 0 Å². The molecular weight excluding hydrogens is 660 g/mol. The predicted molar refractivity (Wildman–Crippen MR) is 197 cm³/mol. The van der Waals surface area contributed by atoms with Gasteiger partial charge in [-0.15, -0.1) is 0 Å². The summed E-state index contributed by atoms with van der Waals surface area (Å²) < 4.78 is 0. The van der Waals surface area contributed by atoms with E-state index in [9.17, 15) is 33.6 Å². The lowest BCUT2D eigenvalue weighted by Gasteiger charge is -2.40. The first-order valence-electron chi connectivity index (χ1n) is 19.9. The van der Waals surface area contributed by atoms with Crippen LogP contribution >= 0.6 is 0 Å². The minimum absolute atomic E-state index is 0.0113. The fourth-order valence-corrected chi connectivity index (χ4v) is 9.21. The number of fused-ring (bicyclic) bond motifs is 2. The molecule has 11 heteroatoms. The van der Waals surface area contributed by atoms with Gasteiger partial charge in [-0.2, -0.15) is 0 Å². The number of nitrogens with one attached hydrogen (secondary N) is 2. The molecule has 2 aliphatic heterocycles. The van der Waals surface area contributed by atoms with Gasteiger partial charge in [0.15, 0.2) is 11.6 Å². The van der Waals surface area contributed by atoms with Crippen LogP contribution in [0.15, 0.2) is 0 Å². The molecule has 1 spiro atoms. The number of amides is 5. The molecule has 1 unspecified atom stereocenters. The SMILES string of the molecule is CCCC(CC(=O)[C@@H]1[C@H]2CCC3(CC3)[C@H]2CN1C(=O)[C@@H](NC(=O)N[C@H](CN1C(=O)CC(C)(C)CC1=O)C(C)(C)C)C(C)(C)C)C(=O)C(=O)CC1CC1. The summed E-state index contributed by atoms with van der Waals surface area (Å²) in [5, 5.41) is 5.94. The van der Waals surface area contributed by atoms with Crippen LogP contribution in [0.4, 0.5) is 4.79 Å². The van der Waals surface area contributed by atoms with E-state index in [1.807, 2.05) is 62.3 Å². The molecule has 52 heavy (non-hydrogen) atoms. The Morgan fingerprint density at radius 2 is 1.48 bits per heavy atom. The van der Waals surface area contributed by atoms with Crippen molar-refractivity contribution in [1.82, 2.24) is 20.4 Å². The monoisotopic (exact) mass is 724 g/mol. The quantitative estimate of drug-likeness (QED) is 0.174. The maximum atomic E-state index is 14.7. The summed E-state index contributed by atoms with van der Waals surface area (Å²) >= 11 is 0. The van der Waals surface area contributed by atoms with Gasteiger partial charge in [-0.25, -0.2) is 4.79 Å². The second-order valence-corrected chi connectivity index (χ2v) is 19.9. The molecule has 0 aromatic heterocycles. The molecule has 11 nitrogen and oxygen atoms in total. The molecule has 5 rings (SSSR count). The van der Waals surface area contributed by atoms with Crippen LogP contribution in [0, 0.1) is 45.3 Å². The molecular formula is C41H64N4O7. The smallest absolute Gasteiger partial charge is 0.315 e. The number of piperidine rings is 1. The molecule has 290 valence electrons. The van der Waals surface area contributed by atoms with Gasteiger partial charge in [0.2, 0.25) is 23.5 Å². The molecule has 5 fully saturated rings. The molecule has 0 aromatic carbocycles. The molecule has 5 aliphatic rings. The number of likely N-dealkylation sites (tertiary alicyclic amines) is 2. The first-order chi connectivity index (χ1) is 24.1. The number of hydrogen-bond donors (Lipinski definition) is 2. The normalized spacial score (nSPS) is 26.8. The van der Waals surface area contributed by atoms with Gasteiger partial charge in [0.1, 0.15) is 6.04 Å². The summed E-state index contributed by atoms with van der Waals surface area (Å²) in [7, 11) is 0. The standard InChI is InChI=1S/C41H64N4O7/c1-10-11-25(34(50)29(47)18-24-12-13-24)19-28(46)33-26-14-15-41(16-17-41)27(26)22-45(33)36(51)35(39(5,6)7)43-37(52)42-30(38(2,3)4)23-44-31(48)20-40(8,9)21-32(44)49/h24-27,30,33,35H,10-23H2,1-9H3,(H2,42,43,52)/t25?,26-,27-,30+,33-,35+/m0/s1. The van der Waals surface area contributed by atoms with Crippen LogP contribution in [0.1, 0.15) is 139 Å². The van der Waals surface area contributed by atoms with Crippen molar-refractivity contribution in [3.63, 3.8) is 0 Å². The van der Waals surface area contributed by atoms with Crippen LogP contribution < -0.4 is 10.6 Å². The summed E-state index contributed by atoms with van der Waals surface area (Å²) in [5.41, 5.74) is -1.52. The Balaban J connectivity index is 1.34. The maximum absolute atomic E-state index is 14.7. The highest BCUT2D eigenvalue weighted by molar-refractivity contribution is 6.38. The number of carbonyl (C=O) groups is 7. The molecule has 3 aliphatic carbocycles. The van der Waals surface area contributed by atoms with Crippen molar-refractivity contribution in [3.05, 3.63) is 0 Å². The Hall–Kier alpha value is -3.11. The first kappa shape index (κ1) is 40.1. The van der Waals surface area contributed by atoms with Gasteiger partial charge in [-0.1, -0.05) is 68.7 Å². The molecule has 6 atom stereocenters. The average Bonchev–Trinajstić information content (AvgIpc) is 3.93. The van der Waals surface area contributed by atoms with Crippen LogP contribution in [0.5, 0.6) is 0 Å². The third-order valence-corrected chi connectivity index (χ3v) is 12.8. The van der Waals surface area contributed by atoms with E-state index in [4.69, 9.17) is 0 Å². The highest BCUT2D eigenvalue weighted by Gasteiger charge is 2.64. The van der Waals surface area contributed by atoms with Crippen LogP contribution in [-0.2, 0) is 28.8 Å². The molecule has 3 saturated carbocycles. The molecule has 0 bridgehead atoms. The summed E-state index contributed by atoms with van der Waals surface area (Å²) in [6.45, 7) is 17.6. The molecule has 0 radical (unpaired) electrons. The second-order valence-electron chi connectivity index (χ2n) is 19.9. The van der Waals surface area contributed by atoms with E-state index >= 15 is 0 Å². The minimum Gasteiger partial charge on any atom is -0.333 e. The largest absolute Gasteiger partial charge is 0.333 e. The lowest BCUT2D eigenvalue weighted by Crippen LogP contribution is -2.62. The number of hydrogen-bond acceptors (Lipinski definition) is 7. The van der Waals surface area contributed by atoms with E-state index in [-0.39, 0.29) is 84.7 Å². The van der Waals surface area contributed by atoms with Gasteiger partial charge < -0.3 is 15.5 Å². The van der Waals surface area contributed by atoms with E-state index in [0.717, 1.165) is 38.5 Å². The molecule has 2 N–H and O–H groups in total. The Bertz CT molecular complexity index is 1440. The van der Waals surface area contributed by atoms with E-state index in [1.165, 1.54) is 4.90 Å². The number of carbonyl (C=O) groups excluding carboxylic acids is 7. The molecule has 2 heterocycles. The average molecular weight is 725 g/mol. The van der Waals surface area contributed by atoms with Gasteiger partial charge in [0, 0.05) is 44.7 Å². The van der Waals surface area contributed by atoms with Crippen molar-refractivity contribution in [1.29, 1.82) is 0 Å². The summed E-state index contributed by atoms with van der Waals surface area (Å²) in [5.74, 6) is -2.07. The lowest BCUT2D eigenvalue weighted by molar-refractivity contribution is -0.153. The molecule has 2 saturated heterocycles. The second kappa shape index (κ2) is 14.6. The minimum atomic E-state index is -0.982. The van der Waals surface area contributed by atoms with Crippen LogP contribution in [0.3, 0.4) is 0 Å². The fraction of sp³-hybridized carbons (Fsp3) is 0.829. The summed E-state index contributed by atoms with van der Waals surface area (Å²) in [6.07, 6.45) is 7.78. The maximum Gasteiger partial charge on any atom is 0.315 e. The summed E-state index contributed by atoms with van der Waals surface area (Å²) in [6, 6.07) is -2.87. The van der Waals surface area contributed by atoms with Crippen LogP contribution in [-0.4, -0.2) is 82.1 Å². The van der Waals surface area contributed by atoms with E-state index in [0.29, 0.717) is 19.4 Å². The third kappa shape index (κ3) is 8.81. The van der Waals surface area contributed by atoms with Crippen molar-refractivity contribution in [2.45, 2.75) is 157 Å². The first-order valence-corrected chi connectivity index (χ1v) is 19.9. The number of imide groups is 1. The lowest BCUT2D eigenvalue weighted by atomic mass is 9.80. The number of nitrogens with zero attached hydrogens (tertiary/aromatic N) is 2. The van der Waals surface area contributed by atoms with Crippen molar-refractivity contribution in [3.8, 4) is 0 Å². The summed E-state index contributed by atoms with van der Waals surface area (Å²) in [4.78, 5) is 98.1. The third-order valence-electron chi connectivity index (χ3n) is 12.8. The van der Waals surface area contributed by atoms with Crippen molar-refractivity contribution >= 4 is 41.1 Å². The van der Waals surface area contributed by atoms with E-state index in [2.05, 4.69) is 10.6 Å². The number of rotatable bonds is 14. The van der Waals surface area contributed by atoms with Gasteiger partial charge in [-0.05, 0) is 84.4 Å². The van der Waals surface area contributed by atoms with Gasteiger partial charge in [0.25, 0.3) is 0 Å². The van der Waals surface area contributed by atoms with E-state index < -0.39 is 52.1 Å². The number of ketones is 3. The Morgan fingerprint density at radius 1 is 0.865 bits per heavy atom. The zero-order valence-electron chi connectivity index (χ0n) is 33.2. The van der Waals surface area contributed by atoms with Crippen molar-refractivity contribution in [2.24, 2.45) is 45.3 Å². The van der Waals surface area contributed by atoms with Crippen LogP contribution in [0.25, 0.3) is 0 Å². The number of urea groups is 1. The zero-order valence-corrected chi connectivity index (χ0v) is 33.2. The topological polar surface area (TPSA) is 150 Å². The fourth-order valence-electron chi connectivity index (χ4n) is 9.21.